The molecule has 2 rings (SSSR count). The molecule has 1 aromatic heterocycles. The molecule has 1 aliphatic heterocycles. The lowest BCUT2D eigenvalue weighted by atomic mass is 10.2. The van der Waals surface area contributed by atoms with Gasteiger partial charge in [-0.25, -0.2) is 14.6 Å². The van der Waals surface area contributed by atoms with Crippen LogP contribution >= 0.6 is 0 Å². The first-order valence-electron chi connectivity index (χ1n) is 7.15. The zero-order valence-corrected chi connectivity index (χ0v) is 13.0. The Morgan fingerprint density at radius 3 is 2.55 bits per heavy atom. The molecule has 8 heteroatoms. The van der Waals surface area contributed by atoms with E-state index in [4.69, 9.17) is 9.57 Å². The van der Waals surface area contributed by atoms with E-state index in [0.29, 0.717) is 18.0 Å². The van der Waals surface area contributed by atoms with E-state index in [-0.39, 0.29) is 11.6 Å². The molecule has 1 aliphatic rings. The van der Waals surface area contributed by atoms with Crippen LogP contribution in [-0.2, 0) is 4.84 Å². The third-order valence-corrected chi connectivity index (χ3v) is 2.86. The molecule has 1 fully saturated rings. The molecule has 0 radical (unpaired) electrons. The van der Waals surface area contributed by atoms with Crippen LogP contribution in [0.2, 0.25) is 0 Å². The van der Waals surface area contributed by atoms with Crippen LogP contribution in [0.3, 0.4) is 0 Å². The molecule has 0 bridgehead atoms. The standard InChI is InChI=1S/C14H21N4O4/c1-14(2,3)22-18(20)11-4-5-12(16-10-11)21-13(19)17-8-6-15-7-9-17/h4-5,10,15H,6-9H2,1-3H3/q+1. The van der Waals surface area contributed by atoms with E-state index in [1.54, 1.807) is 25.7 Å². The largest absolute Gasteiger partial charge is 0.416 e. The van der Waals surface area contributed by atoms with Crippen LogP contribution < -0.4 is 10.1 Å². The summed E-state index contributed by atoms with van der Waals surface area (Å²) in [6, 6.07) is 2.96. The van der Waals surface area contributed by atoms with E-state index in [0.717, 1.165) is 13.1 Å². The predicted octanol–water partition coefficient (Wildman–Crippen LogP) is 1.63. The summed E-state index contributed by atoms with van der Waals surface area (Å²) in [4.78, 5) is 34.8. The number of hydrogen-bond donors (Lipinski definition) is 1. The number of nitrogens with zero attached hydrogens (tertiary/aromatic N) is 3. The molecule has 0 aliphatic carbocycles. The average Bonchev–Trinajstić information content (AvgIpc) is 2.47. The highest BCUT2D eigenvalue weighted by Crippen LogP contribution is 2.18. The second-order valence-electron chi connectivity index (χ2n) is 5.92. The van der Waals surface area contributed by atoms with Crippen LogP contribution in [0.1, 0.15) is 20.8 Å². The number of nitrogens with one attached hydrogen (secondary N) is 1. The fraction of sp³-hybridized carbons (Fsp3) is 0.571. The number of piperazine rings is 1. The maximum Gasteiger partial charge on any atom is 0.416 e. The van der Waals surface area contributed by atoms with Gasteiger partial charge in [0, 0.05) is 38.3 Å². The first-order chi connectivity index (χ1) is 10.3. The Kier molecular flexibility index (Phi) is 4.92. The summed E-state index contributed by atoms with van der Waals surface area (Å²) in [6.07, 6.45) is 0.866. The van der Waals surface area contributed by atoms with Gasteiger partial charge in [-0.1, -0.05) is 0 Å². The van der Waals surface area contributed by atoms with E-state index in [1.807, 2.05) is 0 Å². The number of aromatic nitrogens is 1. The zero-order valence-electron chi connectivity index (χ0n) is 13.0. The normalized spacial score (nSPS) is 15.3. The molecule has 22 heavy (non-hydrogen) atoms. The SMILES string of the molecule is CC(C)(C)O[N+](=O)c1ccc(OC(=O)N2CCNCC2)nc1. The van der Waals surface area contributed by atoms with Crippen molar-refractivity contribution in [1.29, 1.82) is 0 Å². The molecule has 1 N–H and O–H groups in total. The molecule has 1 saturated heterocycles. The van der Waals surface area contributed by atoms with Crippen LogP contribution in [0, 0.1) is 4.91 Å². The molecule has 1 aromatic rings. The summed E-state index contributed by atoms with van der Waals surface area (Å²) in [5.41, 5.74) is -0.369. The Morgan fingerprint density at radius 2 is 2.00 bits per heavy atom. The Balaban J connectivity index is 1.94. The Hall–Kier alpha value is -2.22. The first-order valence-corrected chi connectivity index (χ1v) is 7.15. The lowest BCUT2D eigenvalue weighted by Crippen LogP contribution is -2.47. The van der Waals surface area contributed by atoms with Crippen molar-refractivity contribution in [2.45, 2.75) is 26.4 Å². The summed E-state index contributed by atoms with van der Waals surface area (Å²) in [5.74, 6) is 0.149. The molecular weight excluding hydrogens is 288 g/mol. The second-order valence-corrected chi connectivity index (χ2v) is 5.92. The van der Waals surface area contributed by atoms with Gasteiger partial charge in [-0.3, -0.25) is 0 Å². The molecular formula is C14H21N4O4+. The van der Waals surface area contributed by atoms with Crippen molar-refractivity contribution in [1.82, 2.24) is 15.2 Å². The molecule has 2 heterocycles. The Morgan fingerprint density at radius 1 is 1.32 bits per heavy atom. The third kappa shape index (κ3) is 4.66. The highest BCUT2D eigenvalue weighted by atomic mass is 16.8. The molecule has 0 saturated carbocycles. The highest BCUT2D eigenvalue weighted by Gasteiger charge is 2.26. The van der Waals surface area contributed by atoms with Crippen LogP contribution in [0.5, 0.6) is 5.88 Å². The zero-order chi connectivity index (χ0) is 16.2. The quantitative estimate of drug-likeness (QED) is 0.854. The fourth-order valence-corrected chi connectivity index (χ4v) is 1.84. The van der Waals surface area contributed by atoms with Gasteiger partial charge in [0.05, 0.1) is 4.91 Å². The van der Waals surface area contributed by atoms with Gasteiger partial charge >= 0.3 is 11.8 Å². The molecule has 120 valence electrons. The van der Waals surface area contributed by atoms with Crippen molar-refractivity contribution >= 4 is 11.8 Å². The number of carbonyl (C=O) groups excluding carboxylic acids is 1. The average molecular weight is 309 g/mol. The topological polar surface area (TPSA) is 83.8 Å². The summed E-state index contributed by atoms with van der Waals surface area (Å²) in [7, 11) is 0. The van der Waals surface area contributed by atoms with Crippen molar-refractivity contribution in [2.24, 2.45) is 0 Å². The van der Waals surface area contributed by atoms with Gasteiger partial charge in [-0.15, -0.1) is 0 Å². The monoisotopic (exact) mass is 309 g/mol. The third-order valence-electron chi connectivity index (χ3n) is 2.86. The predicted molar refractivity (Wildman–Crippen MR) is 78.8 cm³/mol. The summed E-state index contributed by atoms with van der Waals surface area (Å²) < 4.78 is 5.18. The van der Waals surface area contributed by atoms with Gasteiger partial charge in [-0.2, -0.15) is 0 Å². The number of hydrogen-bond acceptors (Lipinski definition) is 6. The van der Waals surface area contributed by atoms with Crippen molar-refractivity contribution in [3.8, 4) is 5.88 Å². The number of amides is 1. The lowest BCUT2D eigenvalue weighted by Gasteiger charge is -2.26. The number of ether oxygens (including phenoxy) is 1. The molecule has 0 unspecified atom stereocenters. The number of rotatable bonds is 3. The van der Waals surface area contributed by atoms with E-state index >= 15 is 0 Å². The maximum absolute atomic E-state index is 11.9. The minimum atomic E-state index is -0.602. The van der Waals surface area contributed by atoms with Gasteiger partial charge in [0.2, 0.25) is 5.88 Å². The number of pyridine rings is 1. The van der Waals surface area contributed by atoms with Gasteiger partial charge in [0.15, 0.2) is 5.60 Å². The molecule has 8 nitrogen and oxygen atoms in total. The van der Waals surface area contributed by atoms with Gasteiger partial charge in [0.25, 0.3) is 4.92 Å². The van der Waals surface area contributed by atoms with E-state index in [1.165, 1.54) is 18.3 Å². The lowest BCUT2D eigenvalue weighted by molar-refractivity contribution is -0.766. The van der Waals surface area contributed by atoms with Crippen molar-refractivity contribution in [3.63, 3.8) is 0 Å². The van der Waals surface area contributed by atoms with Crippen molar-refractivity contribution in [3.05, 3.63) is 23.2 Å². The molecule has 0 aromatic carbocycles. The highest BCUT2D eigenvalue weighted by molar-refractivity contribution is 5.70. The van der Waals surface area contributed by atoms with Crippen LogP contribution in [-0.4, -0.2) is 52.7 Å². The molecule has 0 spiro atoms. The Bertz CT molecular complexity index is 533. The first kappa shape index (κ1) is 16.2. The van der Waals surface area contributed by atoms with E-state index < -0.39 is 11.7 Å². The maximum atomic E-state index is 11.9. The van der Waals surface area contributed by atoms with E-state index in [2.05, 4.69) is 10.3 Å². The Labute approximate surface area is 128 Å². The summed E-state index contributed by atoms with van der Waals surface area (Å²) in [6.45, 7) is 8.02. The minimum absolute atomic E-state index is 0.149. The number of carbonyl (C=O) groups is 1. The second kappa shape index (κ2) is 6.69. The van der Waals surface area contributed by atoms with Crippen LogP contribution in [0.15, 0.2) is 18.3 Å². The smallest absolute Gasteiger partial charge is 0.391 e. The van der Waals surface area contributed by atoms with E-state index in [9.17, 15) is 9.70 Å². The van der Waals surface area contributed by atoms with Gasteiger partial charge < -0.3 is 15.0 Å². The van der Waals surface area contributed by atoms with Crippen LogP contribution in [0.25, 0.3) is 0 Å². The molecule has 1 amide bonds. The van der Waals surface area contributed by atoms with Crippen molar-refractivity contribution < 1.29 is 19.3 Å². The molecule has 0 atom stereocenters. The van der Waals surface area contributed by atoms with Gasteiger partial charge in [0.1, 0.15) is 6.20 Å². The van der Waals surface area contributed by atoms with Crippen LogP contribution in [0.4, 0.5) is 10.5 Å². The minimum Gasteiger partial charge on any atom is -0.391 e. The fourth-order valence-electron chi connectivity index (χ4n) is 1.84. The summed E-state index contributed by atoms with van der Waals surface area (Å²) >= 11 is 0. The summed E-state index contributed by atoms with van der Waals surface area (Å²) in [5, 5.41) is 3.15. The van der Waals surface area contributed by atoms with Crippen molar-refractivity contribution in [2.75, 3.05) is 26.2 Å². The van der Waals surface area contributed by atoms with Gasteiger partial charge in [-0.05, 0) is 20.8 Å².